The fourth-order valence-electron chi connectivity index (χ4n) is 3.14. The summed E-state index contributed by atoms with van der Waals surface area (Å²) in [6, 6.07) is 22.7. The van der Waals surface area contributed by atoms with Crippen LogP contribution in [0.4, 0.5) is 4.39 Å². The first kappa shape index (κ1) is 19.4. The Bertz CT molecular complexity index is 786. The molecule has 2 nitrogen and oxygen atoms in total. The number of halogens is 2. The number of rotatable bonds is 8. The molecule has 0 fully saturated rings. The number of hydrogen-bond acceptors (Lipinski definition) is 2. The van der Waals surface area contributed by atoms with Gasteiger partial charge >= 0.3 is 0 Å². The summed E-state index contributed by atoms with van der Waals surface area (Å²) in [7, 11) is 1.67. The summed E-state index contributed by atoms with van der Waals surface area (Å²) in [5, 5.41) is 4.21. The number of nitrogens with one attached hydrogen (secondary N) is 1. The van der Waals surface area contributed by atoms with E-state index in [2.05, 4.69) is 17.4 Å². The highest BCUT2D eigenvalue weighted by Crippen LogP contribution is 2.29. The molecular weight excluding hydrogens is 361 g/mol. The second kappa shape index (κ2) is 9.54. The molecule has 0 spiro atoms. The maximum atomic E-state index is 13.3. The average molecular weight is 384 g/mol. The summed E-state index contributed by atoms with van der Waals surface area (Å²) < 4.78 is 18.5. The first-order valence-electron chi connectivity index (χ1n) is 9.00. The first-order valence-corrected chi connectivity index (χ1v) is 9.38. The van der Waals surface area contributed by atoms with Gasteiger partial charge in [-0.1, -0.05) is 48.0 Å². The van der Waals surface area contributed by atoms with Gasteiger partial charge in [-0.3, -0.25) is 0 Å². The van der Waals surface area contributed by atoms with Crippen molar-refractivity contribution < 1.29 is 9.13 Å². The number of ether oxygens (including phenoxy) is 1. The van der Waals surface area contributed by atoms with E-state index < -0.39 is 0 Å². The van der Waals surface area contributed by atoms with E-state index in [0.717, 1.165) is 30.8 Å². The van der Waals surface area contributed by atoms with E-state index in [1.807, 2.05) is 48.5 Å². The smallest absolute Gasteiger partial charge is 0.123 e. The molecule has 0 amide bonds. The highest BCUT2D eigenvalue weighted by atomic mass is 35.5. The molecule has 1 N–H and O–H groups in total. The van der Waals surface area contributed by atoms with Crippen LogP contribution in [-0.2, 0) is 6.54 Å². The summed E-state index contributed by atoms with van der Waals surface area (Å²) in [5.74, 6) is 0.829. The number of methoxy groups -OCH3 is 1. The molecule has 1 atom stereocenters. The van der Waals surface area contributed by atoms with Gasteiger partial charge in [-0.2, -0.15) is 0 Å². The zero-order chi connectivity index (χ0) is 19.1. The van der Waals surface area contributed by atoms with E-state index in [1.54, 1.807) is 7.11 Å². The second-order valence-electron chi connectivity index (χ2n) is 6.47. The Morgan fingerprint density at radius 3 is 2.07 bits per heavy atom. The van der Waals surface area contributed by atoms with E-state index in [1.165, 1.54) is 23.3 Å². The van der Waals surface area contributed by atoms with E-state index in [-0.39, 0.29) is 11.7 Å². The van der Waals surface area contributed by atoms with Gasteiger partial charge in [-0.15, -0.1) is 0 Å². The third-order valence-corrected chi connectivity index (χ3v) is 4.89. The molecule has 0 aliphatic rings. The van der Waals surface area contributed by atoms with E-state index in [0.29, 0.717) is 5.02 Å². The molecule has 0 saturated carbocycles. The topological polar surface area (TPSA) is 21.3 Å². The number of benzene rings is 3. The lowest BCUT2D eigenvalue weighted by molar-refractivity contribution is 0.414. The van der Waals surface area contributed by atoms with Crippen molar-refractivity contribution in [1.82, 2.24) is 5.32 Å². The minimum absolute atomic E-state index is 0.186. The highest BCUT2D eigenvalue weighted by Gasteiger charge is 2.14. The summed E-state index contributed by atoms with van der Waals surface area (Å²) in [6.45, 7) is 1.64. The molecule has 140 valence electrons. The maximum Gasteiger partial charge on any atom is 0.123 e. The molecule has 4 heteroatoms. The summed E-state index contributed by atoms with van der Waals surface area (Å²) in [6.07, 6.45) is 0.906. The molecule has 0 bridgehead atoms. The largest absolute Gasteiger partial charge is 0.497 e. The van der Waals surface area contributed by atoms with Crippen molar-refractivity contribution in [3.8, 4) is 5.75 Å². The predicted octanol–water partition coefficient (Wildman–Crippen LogP) is 5.80. The van der Waals surface area contributed by atoms with Crippen molar-refractivity contribution in [2.75, 3.05) is 13.7 Å². The van der Waals surface area contributed by atoms with Gasteiger partial charge in [0.1, 0.15) is 11.6 Å². The molecule has 1 unspecified atom stereocenters. The van der Waals surface area contributed by atoms with Crippen LogP contribution >= 0.6 is 11.6 Å². The van der Waals surface area contributed by atoms with Crippen LogP contribution in [0.5, 0.6) is 5.75 Å². The van der Waals surface area contributed by atoms with Crippen molar-refractivity contribution in [3.63, 3.8) is 0 Å². The van der Waals surface area contributed by atoms with Crippen LogP contribution in [0.15, 0.2) is 72.8 Å². The van der Waals surface area contributed by atoms with Crippen molar-refractivity contribution >= 4 is 11.6 Å². The van der Waals surface area contributed by atoms with Gasteiger partial charge in [-0.25, -0.2) is 4.39 Å². The van der Waals surface area contributed by atoms with E-state index in [9.17, 15) is 4.39 Å². The molecule has 27 heavy (non-hydrogen) atoms. The minimum atomic E-state index is -0.216. The lowest BCUT2D eigenvalue weighted by Crippen LogP contribution is -2.17. The van der Waals surface area contributed by atoms with Crippen molar-refractivity contribution in [3.05, 3.63) is 100 Å². The SMILES string of the molecule is COc1ccc(CNCCC(c2ccc(F)cc2)c2ccc(Cl)cc2)cc1. The van der Waals surface area contributed by atoms with E-state index in [4.69, 9.17) is 16.3 Å². The average Bonchev–Trinajstić information content (AvgIpc) is 2.70. The Morgan fingerprint density at radius 1 is 0.889 bits per heavy atom. The minimum Gasteiger partial charge on any atom is -0.497 e. The van der Waals surface area contributed by atoms with Crippen LogP contribution in [0.1, 0.15) is 29.0 Å². The molecule has 0 saturated heterocycles. The van der Waals surface area contributed by atoms with Gasteiger partial charge in [0.15, 0.2) is 0 Å². The highest BCUT2D eigenvalue weighted by molar-refractivity contribution is 6.30. The van der Waals surface area contributed by atoms with Crippen LogP contribution in [0.25, 0.3) is 0 Å². The standard InChI is InChI=1S/C23H23ClFNO/c1-27-22-12-2-17(3-13-22)16-26-15-14-23(18-4-8-20(24)9-5-18)19-6-10-21(25)11-7-19/h2-13,23,26H,14-16H2,1H3. The fraction of sp³-hybridized carbons (Fsp3) is 0.217. The third-order valence-electron chi connectivity index (χ3n) is 4.64. The van der Waals surface area contributed by atoms with Gasteiger partial charge in [-0.05, 0) is 66.1 Å². The summed E-state index contributed by atoms with van der Waals surface area (Å²) in [4.78, 5) is 0. The van der Waals surface area contributed by atoms with Crippen LogP contribution in [0.3, 0.4) is 0 Å². The molecule has 3 aromatic rings. The van der Waals surface area contributed by atoms with E-state index >= 15 is 0 Å². The quantitative estimate of drug-likeness (QED) is 0.496. The molecule has 0 aliphatic heterocycles. The van der Waals surface area contributed by atoms with Gasteiger partial charge in [0.2, 0.25) is 0 Å². The molecule has 3 rings (SSSR count). The Balaban J connectivity index is 1.64. The molecule has 0 heterocycles. The van der Waals surface area contributed by atoms with Crippen molar-refractivity contribution in [2.45, 2.75) is 18.9 Å². The van der Waals surface area contributed by atoms with Gasteiger partial charge < -0.3 is 10.1 Å². The van der Waals surface area contributed by atoms with Crippen molar-refractivity contribution in [1.29, 1.82) is 0 Å². The van der Waals surface area contributed by atoms with Crippen molar-refractivity contribution in [2.24, 2.45) is 0 Å². The molecule has 0 radical (unpaired) electrons. The Morgan fingerprint density at radius 2 is 1.48 bits per heavy atom. The van der Waals surface area contributed by atoms with Gasteiger partial charge in [0.05, 0.1) is 7.11 Å². The van der Waals surface area contributed by atoms with Crippen LogP contribution < -0.4 is 10.1 Å². The summed E-state index contributed by atoms with van der Waals surface area (Å²) >= 11 is 6.03. The molecule has 0 aliphatic carbocycles. The van der Waals surface area contributed by atoms with Crippen LogP contribution in [0.2, 0.25) is 5.02 Å². The lowest BCUT2D eigenvalue weighted by atomic mass is 9.88. The lowest BCUT2D eigenvalue weighted by Gasteiger charge is -2.19. The molecular formula is C23H23ClFNO. The zero-order valence-electron chi connectivity index (χ0n) is 15.3. The fourth-order valence-corrected chi connectivity index (χ4v) is 3.26. The molecule has 0 aromatic heterocycles. The Hall–Kier alpha value is -2.36. The first-order chi connectivity index (χ1) is 13.2. The third kappa shape index (κ3) is 5.56. The Labute approximate surface area is 165 Å². The second-order valence-corrected chi connectivity index (χ2v) is 6.91. The van der Waals surface area contributed by atoms with Crippen LogP contribution in [-0.4, -0.2) is 13.7 Å². The summed E-state index contributed by atoms with van der Waals surface area (Å²) in [5.41, 5.74) is 3.49. The zero-order valence-corrected chi connectivity index (χ0v) is 16.0. The van der Waals surface area contributed by atoms with Gasteiger partial charge in [0.25, 0.3) is 0 Å². The normalized spacial score (nSPS) is 12.0. The number of hydrogen-bond donors (Lipinski definition) is 1. The van der Waals surface area contributed by atoms with Gasteiger partial charge in [0, 0.05) is 17.5 Å². The predicted molar refractivity (Wildman–Crippen MR) is 109 cm³/mol. The maximum absolute atomic E-state index is 13.3. The molecule has 3 aromatic carbocycles. The van der Waals surface area contributed by atoms with Crippen LogP contribution in [0, 0.1) is 5.82 Å². The monoisotopic (exact) mass is 383 g/mol. The Kier molecular flexibility index (Phi) is 6.86.